The molecular formula is C29H39ClN7O6PS2. The lowest BCUT2D eigenvalue weighted by molar-refractivity contribution is -1.08. The van der Waals surface area contributed by atoms with E-state index in [9.17, 15) is 17.9 Å². The molecule has 3 aromatic rings. The van der Waals surface area contributed by atoms with Gasteiger partial charge < -0.3 is 41.3 Å². The van der Waals surface area contributed by atoms with E-state index in [4.69, 9.17) is 20.3 Å². The summed E-state index contributed by atoms with van der Waals surface area (Å²) in [6.45, 7) is 12.6. The fraction of sp³-hybridized carbons (Fsp3) is 0.483. The van der Waals surface area contributed by atoms with Crippen LogP contribution in [-0.4, -0.2) is 101 Å². The van der Waals surface area contributed by atoms with Crippen LogP contribution in [0.3, 0.4) is 0 Å². The van der Waals surface area contributed by atoms with Crippen LogP contribution in [0, 0.1) is 18.3 Å². The number of nitrogens with one attached hydrogen (secondary N) is 1. The molecule has 1 atom stereocenters. The van der Waals surface area contributed by atoms with Gasteiger partial charge in [-0.2, -0.15) is 5.26 Å². The highest BCUT2D eigenvalue weighted by Crippen LogP contribution is 2.39. The van der Waals surface area contributed by atoms with Gasteiger partial charge in [0.05, 0.1) is 38.5 Å². The number of ether oxygens (including phenoxy) is 1. The number of hydrogen-bond donors (Lipinski definition) is 2. The molecule has 0 amide bonds. The van der Waals surface area contributed by atoms with E-state index in [1.165, 1.54) is 68.8 Å². The van der Waals surface area contributed by atoms with Crippen LogP contribution in [0.15, 0.2) is 45.7 Å². The van der Waals surface area contributed by atoms with Gasteiger partial charge in [0.2, 0.25) is 0 Å². The summed E-state index contributed by atoms with van der Waals surface area (Å²) in [5.41, 5.74) is 5.98. The van der Waals surface area contributed by atoms with Gasteiger partial charge in [0.1, 0.15) is 66.7 Å². The minimum absolute atomic E-state index is 0. The monoisotopic (exact) mass is 711 g/mol. The molecule has 2 bridgehead atoms. The van der Waals surface area contributed by atoms with Crippen LogP contribution in [0.5, 0.6) is 11.5 Å². The van der Waals surface area contributed by atoms with Gasteiger partial charge in [-0.1, -0.05) is 0 Å². The average molecular weight is 712 g/mol. The normalized spacial score (nSPS) is 22.3. The number of sulfonamides is 1. The molecule has 250 valence electrons. The van der Waals surface area contributed by atoms with Crippen molar-refractivity contribution in [2.24, 2.45) is 10.7 Å². The lowest BCUT2D eigenvalue weighted by Gasteiger charge is -2.55. The number of benzene rings is 1. The van der Waals surface area contributed by atoms with Crippen molar-refractivity contribution in [3.63, 3.8) is 0 Å². The SMILES string of the molecule is Cc1c(S(=O)(=O)NCP(=O)([O-])Oc2ccc(C#N)nc2)sc2ccc(OCCC[N+]34CC[N+](CCCN=CN)(CC3)CC4)cc12.[Cl-]. The first-order valence-electron chi connectivity index (χ1n) is 14.9. The van der Waals surface area contributed by atoms with E-state index in [0.29, 0.717) is 17.9 Å². The Kier molecular flexibility index (Phi) is 11.7. The predicted octanol–water partition coefficient (Wildman–Crippen LogP) is -0.845. The van der Waals surface area contributed by atoms with Crippen LogP contribution in [-0.2, 0) is 14.6 Å². The van der Waals surface area contributed by atoms with Crippen molar-refractivity contribution in [1.82, 2.24) is 9.71 Å². The molecule has 17 heteroatoms. The van der Waals surface area contributed by atoms with Crippen LogP contribution in [0.1, 0.15) is 24.1 Å². The quantitative estimate of drug-likeness (QED) is 0.0668. The zero-order valence-electron chi connectivity index (χ0n) is 25.6. The van der Waals surface area contributed by atoms with E-state index in [2.05, 4.69) is 14.7 Å². The number of aryl methyl sites for hydroxylation is 1. The zero-order chi connectivity index (χ0) is 32.1. The summed E-state index contributed by atoms with van der Waals surface area (Å²) in [7, 11) is -8.79. The smallest absolute Gasteiger partial charge is 0.250 e. The Balaban J connectivity index is 0.00000480. The minimum Gasteiger partial charge on any atom is -1.00 e. The fourth-order valence-corrected chi connectivity index (χ4v) is 10.5. The van der Waals surface area contributed by atoms with E-state index in [0.717, 1.165) is 58.0 Å². The first-order chi connectivity index (χ1) is 21.5. The zero-order valence-corrected chi connectivity index (χ0v) is 28.9. The lowest BCUT2D eigenvalue weighted by Crippen LogP contribution is -3.00. The van der Waals surface area contributed by atoms with Crippen molar-refractivity contribution in [2.45, 2.75) is 24.0 Å². The Labute approximate surface area is 279 Å². The van der Waals surface area contributed by atoms with Crippen LogP contribution in [0.25, 0.3) is 10.1 Å². The van der Waals surface area contributed by atoms with Crippen molar-refractivity contribution in [3.8, 4) is 17.6 Å². The number of rotatable bonds is 15. The molecular weight excluding hydrogens is 673 g/mol. The molecule has 0 aliphatic carbocycles. The van der Waals surface area contributed by atoms with E-state index >= 15 is 0 Å². The molecule has 1 unspecified atom stereocenters. The third-order valence-corrected chi connectivity index (χ3v) is 13.4. The molecule has 5 heterocycles. The van der Waals surface area contributed by atoms with Crippen molar-refractivity contribution in [2.75, 3.05) is 71.8 Å². The molecule has 0 saturated carbocycles. The number of halogens is 1. The van der Waals surface area contributed by atoms with Gasteiger partial charge >= 0.3 is 0 Å². The third-order valence-electron chi connectivity index (χ3n) is 8.87. The summed E-state index contributed by atoms with van der Waals surface area (Å²) in [4.78, 5) is 20.3. The maximum atomic E-state index is 13.1. The molecule has 3 fully saturated rings. The summed E-state index contributed by atoms with van der Waals surface area (Å²) in [6.07, 6.45) is 3.55. The molecule has 3 aliphatic heterocycles. The number of aromatic nitrogens is 1. The molecule has 13 nitrogen and oxygen atoms in total. The number of hydrogen-bond acceptors (Lipinski definition) is 10. The van der Waals surface area contributed by atoms with Gasteiger partial charge in [-0.3, -0.25) is 9.56 Å². The molecule has 3 saturated heterocycles. The molecule has 1 aromatic carbocycles. The summed E-state index contributed by atoms with van der Waals surface area (Å²) < 4.78 is 55.0. The Bertz CT molecular complexity index is 1720. The van der Waals surface area contributed by atoms with Gasteiger partial charge in [-0.15, -0.1) is 11.3 Å². The second-order valence-corrected chi connectivity index (χ2v) is 16.5. The number of fused-ring (bicyclic) bond motifs is 4. The van der Waals surface area contributed by atoms with E-state index in [1.54, 1.807) is 6.92 Å². The van der Waals surface area contributed by atoms with E-state index < -0.39 is 23.9 Å². The molecule has 6 rings (SSSR count). The molecule has 3 aliphatic rings. The first kappa shape index (κ1) is 36.0. The molecule has 46 heavy (non-hydrogen) atoms. The maximum Gasteiger partial charge on any atom is 0.250 e. The van der Waals surface area contributed by atoms with Crippen LogP contribution in [0.4, 0.5) is 0 Å². The topological polar surface area (TPSA) is 180 Å². The van der Waals surface area contributed by atoms with Crippen molar-refractivity contribution in [1.29, 1.82) is 5.26 Å². The van der Waals surface area contributed by atoms with Crippen molar-refractivity contribution < 1.29 is 48.5 Å². The van der Waals surface area contributed by atoms with Crippen molar-refractivity contribution >= 4 is 45.4 Å². The second kappa shape index (κ2) is 15.0. The van der Waals surface area contributed by atoms with E-state index in [-0.39, 0.29) is 28.1 Å². The average Bonchev–Trinajstić information content (AvgIpc) is 3.38. The maximum absolute atomic E-state index is 13.1. The van der Waals surface area contributed by atoms with Gasteiger partial charge in [0, 0.05) is 29.5 Å². The molecule has 0 radical (unpaired) electrons. The van der Waals surface area contributed by atoms with Gasteiger partial charge in [-0.05, 0) is 42.8 Å². The summed E-state index contributed by atoms with van der Waals surface area (Å²) in [5.74, 6) is 0.553. The van der Waals surface area contributed by atoms with E-state index in [1.807, 2.05) is 24.3 Å². The highest BCUT2D eigenvalue weighted by atomic mass is 35.5. The standard InChI is InChI=1S/C29H39N7O6PS2.ClH/c1-23-27-18-25(41-17-3-10-36-14-11-35(12-15-36,13-16-36)9-2-8-32-21-31)6-7-28(27)44-29(23)45(39,40)34-22-43(37,38)42-26-5-4-24(19-30)33-20-26;/h4-7,18,20-21,34H,2-3,8-17,22H2,1H3,(H2-,31,32,37,38);1H/q+1;/p-1. The number of quaternary nitrogens is 2. The molecule has 3 N–H and O–H groups in total. The van der Waals surface area contributed by atoms with Crippen LogP contribution < -0.4 is 37.0 Å². The Morgan fingerprint density at radius 2 is 1.78 bits per heavy atom. The summed E-state index contributed by atoms with van der Waals surface area (Å²) in [5, 5.41) is 9.56. The number of nitrogens with zero attached hydrogens (tertiary/aromatic N) is 5. The van der Waals surface area contributed by atoms with Crippen molar-refractivity contribution in [3.05, 3.63) is 47.8 Å². The van der Waals surface area contributed by atoms with Crippen LogP contribution in [0.2, 0.25) is 0 Å². The molecule has 2 aromatic heterocycles. The Morgan fingerprint density at radius 1 is 1.13 bits per heavy atom. The number of pyridine rings is 1. The van der Waals surface area contributed by atoms with Crippen LogP contribution >= 0.6 is 18.9 Å². The fourth-order valence-electron chi connectivity index (χ4n) is 6.22. The third kappa shape index (κ3) is 8.56. The largest absolute Gasteiger partial charge is 1.00 e. The molecule has 0 spiro atoms. The number of piperazine rings is 3. The highest BCUT2D eigenvalue weighted by molar-refractivity contribution is 7.92. The lowest BCUT2D eigenvalue weighted by atomic mass is 10.1. The number of aliphatic imine (C=N–C) groups is 1. The Hall–Kier alpha value is -2.80. The first-order valence-corrected chi connectivity index (χ1v) is 18.9. The van der Waals surface area contributed by atoms with Gasteiger partial charge in [-0.25, -0.2) is 18.1 Å². The van der Waals surface area contributed by atoms with Gasteiger partial charge in [0.15, 0.2) is 7.60 Å². The Morgan fingerprint density at radius 3 is 2.39 bits per heavy atom. The number of nitriles is 1. The minimum atomic E-state index is -4.64. The van der Waals surface area contributed by atoms with Gasteiger partial charge in [0.25, 0.3) is 10.0 Å². The summed E-state index contributed by atoms with van der Waals surface area (Å²) >= 11 is 1.06. The number of thiophene rings is 1. The predicted molar refractivity (Wildman–Crippen MR) is 171 cm³/mol. The number of nitrogens with two attached hydrogens (primary N) is 1. The summed E-state index contributed by atoms with van der Waals surface area (Å²) in [6, 6.07) is 9.90. The highest BCUT2D eigenvalue weighted by Gasteiger charge is 2.48. The second-order valence-electron chi connectivity index (χ2n) is 11.8.